The van der Waals surface area contributed by atoms with Crippen LogP contribution in [0.2, 0.25) is 0 Å². The third-order valence-electron chi connectivity index (χ3n) is 5.15. The van der Waals surface area contributed by atoms with Gasteiger partial charge in [-0.05, 0) is 36.1 Å². The highest BCUT2D eigenvalue weighted by Gasteiger charge is 2.57. The van der Waals surface area contributed by atoms with Crippen molar-refractivity contribution in [3.63, 3.8) is 0 Å². The van der Waals surface area contributed by atoms with Crippen LogP contribution in [0.1, 0.15) is 33.2 Å². The maximum atomic E-state index is 13.3. The summed E-state index contributed by atoms with van der Waals surface area (Å²) in [5.41, 5.74) is 1.91. The Hall–Kier alpha value is -1.65. The largest absolute Gasteiger partial charge is 0.391 e. The molecule has 0 bridgehead atoms. The van der Waals surface area contributed by atoms with E-state index in [-0.39, 0.29) is 16.9 Å². The van der Waals surface area contributed by atoms with Crippen molar-refractivity contribution < 1.29 is 14.3 Å². The minimum atomic E-state index is -0.795. The summed E-state index contributed by atoms with van der Waals surface area (Å²) >= 11 is 1.60. The molecule has 1 heterocycles. The highest BCUT2D eigenvalue weighted by Crippen LogP contribution is 2.58. The summed E-state index contributed by atoms with van der Waals surface area (Å²) in [6, 6.07) is 14.0. The van der Waals surface area contributed by atoms with E-state index in [2.05, 4.69) is 0 Å². The van der Waals surface area contributed by atoms with E-state index >= 15 is 0 Å². The summed E-state index contributed by atoms with van der Waals surface area (Å²) in [4.78, 5) is 13.3. The molecule has 2 aliphatic rings. The van der Waals surface area contributed by atoms with E-state index in [1.54, 1.807) is 23.9 Å². The lowest BCUT2D eigenvalue weighted by Crippen LogP contribution is -2.46. The van der Waals surface area contributed by atoms with Gasteiger partial charge in [0.2, 0.25) is 0 Å². The van der Waals surface area contributed by atoms with E-state index in [9.17, 15) is 14.3 Å². The predicted molar refractivity (Wildman–Crippen MR) is 89.1 cm³/mol. The first-order valence-electron chi connectivity index (χ1n) is 7.81. The lowest BCUT2D eigenvalue weighted by atomic mass is 9.64. The lowest BCUT2D eigenvalue weighted by Gasteiger charge is -2.39. The number of Topliss-reactive ketones (excluding diaryl/α,β-unsaturated/α-hetero) is 1. The summed E-state index contributed by atoms with van der Waals surface area (Å²) in [6.45, 7) is 0. The molecule has 0 unspecified atom stereocenters. The Morgan fingerprint density at radius 3 is 2.65 bits per heavy atom. The van der Waals surface area contributed by atoms with Gasteiger partial charge in [-0.3, -0.25) is 4.79 Å². The second-order valence-electron chi connectivity index (χ2n) is 6.31. The van der Waals surface area contributed by atoms with Crippen LogP contribution in [0.5, 0.6) is 0 Å². The first-order valence-corrected chi connectivity index (χ1v) is 8.85. The van der Waals surface area contributed by atoms with Gasteiger partial charge in [-0.2, -0.15) is 0 Å². The van der Waals surface area contributed by atoms with E-state index in [0.29, 0.717) is 12.2 Å². The third kappa shape index (κ3) is 2.16. The van der Waals surface area contributed by atoms with Gasteiger partial charge in [0.25, 0.3) is 0 Å². The molecule has 1 aliphatic carbocycles. The van der Waals surface area contributed by atoms with Gasteiger partial charge in [-0.25, -0.2) is 4.39 Å². The Balaban J connectivity index is 1.81. The Bertz CT molecular complexity index is 758. The second-order valence-corrected chi connectivity index (χ2v) is 7.45. The molecule has 23 heavy (non-hydrogen) atoms. The number of hydrogen-bond acceptors (Lipinski definition) is 3. The molecule has 1 N–H and O–H groups in total. The monoisotopic (exact) mass is 328 g/mol. The summed E-state index contributed by atoms with van der Waals surface area (Å²) in [6.07, 6.45) is 0.763. The van der Waals surface area contributed by atoms with Crippen LogP contribution < -0.4 is 0 Å². The molecule has 118 valence electrons. The number of fused-ring (bicyclic) bond motifs is 1. The van der Waals surface area contributed by atoms with Gasteiger partial charge in [0.15, 0.2) is 5.78 Å². The first kappa shape index (κ1) is 14.9. The molecule has 0 radical (unpaired) electrons. The molecule has 0 amide bonds. The molecule has 4 heteroatoms. The van der Waals surface area contributed by atoms with Crippen LogP contribution in [0, 0.1) is 11.2 Å². The molecule has 2 aromatic carbocycles. The van der Waals surface area contributed by atoms with E-state index in [1.807, 2.05) is 24.3 Å². The van der Waals surface area contributed by atoms with E-state index in [4.69, 9.17) is 0 Å². The number of rotatable bonds is 1. The molecule has 2 nitrogen and oxygen atoms in total. The number of aliphatic hydroxyl groups excluding tert-OH is 1. The topological polar surface area (TPSA) is 37.3 Å². The number of aliphatic hydroxyl groups is 1. The fourth-order valence-electron chi connectivity index (χ4n) is 3.92. The fourth-order valence-corrected chi connectivity index (χ4v) is 5.63. The number of ketones is 1. The zero-order valence-electron chi connectivity index (χ0n) is 12.5. The van der Waals surface area contributed by atoms with Crippen LogP contribution in [0.4, 0.5) is 4.39 Å². The molecule has 1 fully saturated rings. The van der Waals surface area contributed by atoms with Crippen molar-refractivity contribution in [3.05, 3.63) is 71.0 Å². The average molecular weight is 328 g/mol. The predicted octanol–water partition coefficient (Wildman–Crippen LogP) is 3.79. The van der Waals surface area contributed by atoms with Gasteiger partial charge >= 0.3 is 0 Å². The summed E-state index contributed by atoms with van der Waals surface area (Å²) in [5.74, 6) is 0.286. The zero-order chi connectivity index (χ0) is 16.0. The average Bonchev–Trinajstić information content (AvgIpc) is 2.90. The van der Waals surface area contributed by atoms with E-state index in [1.165, 1.54) is 12.1 Å². The molecule has 2 aromatic rings. The maximum absolute atomic E-state index is 13.3. The van der Waals surface area contributed by atoms with Crippen molar-refractivity contribution >= 4 is 17.5 Å². The number of thioether (sulfide) groups is 1. The van der Waals surface area contributed by atoms with Gasteiger partial charge in [0.05, 0.1) is 11.5 Å². The van der Waals surface area contributed by atoms with Crippen LogP contribution in [-0.2, 0) is 6.42 Å². The third-order valence-corrected chi connectivity index (χ3v) is 6.68. The molecule has 1 spiro atoms. The first-order chi connectivity index (χ1) is 11.1. The molecule has 4 rings (SSSR count). The van der Waals surface area contributed by atoms with Gasteiger partial charge in [0, 0.05) is 16.6 Å². The summed E-state index contributed by atoms with van der Waals surface area (Å²) in [7, 11) is 0. The SMILES string of the molecule is O=C1c2ccccc2CC[C@]12[C@@H](O)CS[C@H]2c1ccc(F)cc1. The fraction of sp³-hybridized carbons (Fsp3) is 0.316. The van der Waals surface area contributed by atoms with Crippen molar-refractivity contribution in [1.29, 1.82) is 0 Å². The van der Waals surface area contributed by atoms with E-state index in [0.717, 1.165) is 23.1 Å². The Morgan fingerprint density at radius 2 is 1.87 bits per heavy atom. The Kier molecular flexibility index (Phi) is 3.54. The smallest absolute Gasteiger partial charge is 0.173 e. The van der Waals surface area contributed by atoms with Gasteiger partial charge in [-0.15, -0.1) is 11.8 Å². The molecule has 0 saturated carbocycles. The lowest BCUT2D eigenvalue weighted by molar-refractivity contribution is 0.0325. The van der Waals surface area contributed by atoms with Crippen molar-refractivity contribution in [2.45, 2.75) is 24.2 Å². The number of carbonyl (C=O) groups is 1. The van der Waals surface area contributed by atoms with Crippen molar-refractivity contribution in [2.24, 2.45) is 5.41 Å². The zero-order valence-corrected chi connectivity index (χ0v) is 13.4. The number of carbonyl (C=O) groups excluding carboxylic acids is 1. The minimum absolute atomic E-state index is 0.0335. The summed E-state index contributed by atoms with van der Waals surface area (Å²) < 4.78 is 13.2. The minimum Gasteiger partial charge on any atom is -0.391 e. The van der Waals surface area contributed by atoms with Gasteiger partial charge in [0.1, 0.15) is 5.82 Å². The highest BCUT2D eigenvalue weighted by molar-refractivity contribution is 7.99. The van der Waals surface area contributed by atoms with Crippen molar-refractivity contribution in [3.8, 4) is 0 Å². The van der Waals surface area contributed by atoms with E-state index < -0.39 is 11.5 Å². The second kappa shape index (κ2) is 5.46. The number of hydrogen-bond donors (Lipinski definition) is 1. The molecular weight excluding hydrogens is 311 g/mol. The maximum Gasteiger partial charge on any atom is 0.173 e. The Morgan fingerprint density at radius 1 is 1.13 bits per heavy atom. The van der Waals surface area contributed by atoms with Crippen LogP contribution in [0.25, 0.3) is 0 Å². The van der Waals surface area contributed by atoms with Gasteiger partial charge < -0.3 is 5.11 Å². The van der Waals surface area contributed by atoms with Crippen LogP contribution in [-0.4, -0.2) is 22.7 Å². The standard InChI is InChI=1S/C19H17FO2S/c20-14-7-5-13(6-8-14)18-19(16(21)11-23-18)10-9-12-3-1-2-4-15(12)17(19)22/h1-8,16,18,21H,9-11H2/t16-,18-,19-/m0/s1. The van der Waals surface area contributed by atoms with Crippen LogP contribution in [0.15, 0.2) is 48.5 Å². The highest BCUT2D eigenvalue weighted by atomic mass is 32.2. The van der Waals surface area contributed by atoms with Crippen LogP contribution >= 0.6 is 11.8 Å². The van der Waals surface area contributed by atoms with Gasteiger partial charge in [-0.1, -0.05) is 36.4 Å². The molecule has 1 aliphatic heterocycles. The molecule has 0 aromatic heterocycles. The quantitative estimate of drug-likeness (QED) is 0.865. The van der Waals surface area contributed by atoms with Crippen molar-refractivity contribution in [1.82, 2.24) is 0 Å². The molecule has 1 saturated heterocycles. The number of halogens is 1. The number of aryl methyl sites for hydroxylation is 1. The van der Waals surface area contributed by atoms with Crippen molar-refractivity contribution in [2.75, 3.05) is 5.75 Å². The summed E-state index contributed by atoms with van der Waals surface area (Å²) in [5, 5.41) is 10.5. The molecular formula is C19H17FO2S. The normalized spacial score (nSPS) is 29.7. The number of benzene rings is 2. The Labute approximate surface area is 138 Å². The molecule has 3 atom stereocenters. The van der Waals surface area contributed by atoms with Crippen LogP contribution in [0.3, 0.4) is 0 Å².